The van der Waals surface area contributed by atoms with E-state index in [0.717, 1.165) is 0 Å². The van der Waals surface area contributed by atoms with Crippen molar-refractivity contribution in [2.75, 3.05) is 20.0 Å². The molecular weight excluding hydrogens is 278 g/mol. The Hall–Kier alpha value is -0.150. The Morgan fingerprint density at radius 1 is 1.05 bits per heavy atom. The molecule has 2 heterocycles. The Bertz CT molecular complexity index is 335. The third-order valence-electron chi connectivity index (χ3n) is 4.37. The molecule has 0 bridgehead atoms. The van der Waals surface area contributed by atoms with Gasteiger partial charge in [0.25, 0.3) is 0 Å². The highest BCUT2D eigenvalue weighted by atomic mass is 16.7. The van der Waals surface area contributed by atoms with Gasteiger partial charge in [0.15, 0.2) is 0 Å². The number of ether oxygens (including phenoxy) is 4. The van der Waals surface area contributed by atoms with Gasteiger partial charge in [0.05, 0.1) is 37.4 Å². The summed E-state index contributed by atoms with van der Waals surface area (Å²) in [5.74, 6) is 0.00520. The van der Waals surface area contributed by atoms with Crippen molar-refractivity contribution in [3.8, 4) is 0 Å². The summed E-state index contributed by atoms with van der Waals surface area (Å²) in [4.78, 5) is 0. The predicted molar refractivity (Wildman–Crippen MR) is 78.4 cm³/mol. The van der Waals surface area contributed by atoms with Crippen molar-refractivity contribution in [3.05, 3.63) is 0 Å². The quantitative estimate of drug-likeness (QED) is 0.265. The second kappa shape index (κ2) is 7.41. The summed E-state index contributed by atoms with van der Waals surface area (Å²) in [5, 5.41) is 28.9. The molecule has 120 valence electrons. The van der Waals surface area contributed by atoms with Gasteiger partial charge in [-0.05, 0) is 0 Å². The van der Waals surface area contributed by atoms with Crippen LogP contribution < -0.4 is 0 Å². The zero-order chi connectivity index (χ0) is 15.6. The number of aliphatic hydroxyl groups excluding tert-OH is 3. The summed E-state index contributed by atoms with van der Waals surface area (Å²) in [6.07, 6.45) is -2.58. The molecule has 0 saturated carbocycles. The summed E-state index contributed by atoms with van der Waals surface area (Å²) in [5.41, 5.74) is 0. The molecule has 0 aromatic heterocycles. The van der Waals surface area contributed by atoms with E-state index in [2.05, 4.69) is 0 Å². The van der Waals surface area contributed by atoms with Gasteiger partial charge >= 0.3 is 0 Å². The van der Waals surface area contributed by atoms with Gasteiger partial charge in [-0.1, -0.05) is 6.92 Å². The molecule has 8 atom stereocenters. The van der Waals surface area contributed by atoms with Crippen LogP contribution in [0.2, 0.25) is 0 Å². The molecule has 21 heavy (non-hydrogen) atoms. The SMILES string of the molecule is B[C@@H]1O[C@H](COCOC2[C@@H](CO)O[C@@H](B)[C@H]2O)C(C)[C@@H]1O. The Balaban J connectivity index is 1.70. The zero-order valence-corrected chi connectivity index (χ0v) is 12.7. The first kappa shape index (κ1) is 17.2. The molecular formula is C12H24B2O7. The first-order valence-electron chi connectivity index (χ1n) is 7.43. The summed E-state index contributed by atoms with van der Waals surface area (Å²) in [7, 11) is 3.56. The molecule has 0 aromatic carbocycles. The number of aliphatic hydroxyl groups is 3. The van der Waals surface area contributed by atoms with Crippen LogP contribution in [-0.4, -0.2) is 93.5 Å². The topological polar surface area (TPSA) is 97.6 Å². The normalized spacial score (nSPS) is 47.0. The van der Waals surface area contributed by atoms with Gasteiger partial charge in [0.2, 0.25) is 0 Å². The van der Waals surface area contributed by atoms with Crippen molar-refractivity contribution in [1.82, 2.24) is 0 Å². The van der Waals surface area contributed by atoms with E-state index in [1.54, 1.807) is 7.85 Å². The Morgan fingerprint density at radius 2 is 1.67 bits per heavy atom. The van der Waals surface area contributed by atoms with Crippen molar-refractivity contribution >= 4 is 15.7 Å². The number of hydrogen-bond donors (Lipinski definition) is 3. The maximum Gasteiger partial charge on any atom is 0.147 e. The lowest BCUT2D eigenvalue weighted by molar-refractivity contribution is -0.145. The van der Waals surface area contributed by atoms with Gasteiger partial charge in [0.1, 0.15) is 40.8 Å². The van der Waals surface area contributed by atoms with Crippen LogP contribution in [0.3, 0.4) is 0 Å². The molecule has 0 amide bonds. The van der Waals surface area contributed by atoms with E-state index >= 15 is 0 Å². The Labute approximate surface area is 126 Å². The predicted octanol–water partition coefficient (Wildman–Crippen LogP) is -3.59. The summed E-state index contributed by atoms with van der Waals surface area (Å²) < 4.78 is 21.8. The van der Waals surface area contributed by atoms with Gasteiger partial charge in [-0.2, -0.15) is 0 Å². The highest BCUT2D eigenvalue weighted by Crippen LogP contribution is 2.26. The van der Waals surface area contributed by atoms with Crippen LogP contribution in [0.25, 0.3) is 0 Å². The van der Waals surface area contributed by atoms with Crippen LogP contribution in [0.1, 0.15) is 6.92 Å². The van der Waals surface area contributed by atoms with Gasteiger partial charge in [0, 0.05) is 5.92 Å². The van der Waals surface area contributed by atoms with Crippen LogP contribution >= 0.6 is 0 Å². The summed E-state index contributed by atoms with van der Waals surface area (Å²) >= 11 is 0. The second-order valence-corrected chi connectivity index (χ2v) is 5.90. The fourth-order valence-corrected chi connectivity index (χ4v) is 2.88. The minimum atomic E-state index is -0.783. The molecule has 2 saturated heterocycles. The van der Waals surface area contributed by atoms with Crippen LogP contribution in [0, 0.1) is 5.92 Å². The van der Waals surface area contributed by atoms with Gasteiger partial charge in [-0.25, -0.2) is 0 Å². The lowest BCUT2D eigenvalue weighted by atomic mass is 9.89. The molecule has 0 aliphatic carbocycles. The first-order valence-corrected chi connectivity index (χ1v) is 7.43. The van der Waals surface area contributed by atoms with E-state index < -0.39 is 24.4 Å². The van der Waals surface area contributed by atoms with E-state index in [4.69, 9.17) is 18.9 Å². The van der Waals surface area contributed by atoms with Gasteiger partial charge in [-0.3, -0.25) is 0 Å². The molecule has 0 radical (unpaired) electrons. The van der Waals surface area contributed by atoms with E-state index in [9.17, 15) is 15.3 Å². The molecule has 3 N–H and O–H groups in total. The maximum atomic E-state index is 9.91. The molecule has 9 heteroatoms. The zero-order valence-electron chi connectivity index (χ0n) is 12.7. The lowest BCUT2D eigenvalue weighted by Crippen LogP contribution is -2.37. The van der Waals surface area contributed by atoms with Gasteiger partial charge in [-0.15, -0.1) is 0 Å². The third kappa shape index (κ3) is 3.79. The number of rotatable bonds is 6. The Morgan fingerprint density at radius 3 is 2.24 bits per heavy atom. The van der Waals surface area contributed by atoms with Crippen LogP contribution in [-0.2, 0) is 18.9 Å². The van der Waals surface area contributed by atoms with E-state index in [1.165, 1.54) is 0 Å². The highest BCUT2D eigenvalue weighted by Gasteiger charge is 2.42. The minimum absolute atomic E-state index is 0.00520. The molecule has 2 aliphatic rings. The average molecular weight is 302 g/mol. The fraction of sp³-hybridized carbons (Fsp3) is 1.00. The van der Waals surface area contributed by atoms with Crippen LogP contribution in [0.4, 0.5) is 0 Å². The summed E-state index contributed by atoms with van der Waals surface area (Å²) in [6, 6.07) is -0.569. The molecule has 2 aliphatic heterocycles. The van der Waals surface area contributed by atoms with Crippen LogP contribution in [0.15, 0.2) is 0 Å². The fourth-order valence-electron chi connectivity index (χ4n) is 2.88. The largest absolute Gasteiger partial charge is 0.394 e. The van der Waals surface area contributed by atoms with Crippen molar-refractivity contribution in [1.29, 1.82) is 0 Å². The molecule has 7 nitrogen and oxygen atoms in total. The highest BCUT2D eigenvalue weighted by molar-refractivity contribution is 6.11. The minimum Gasteiger partial charge on any atom is -0.394 e. The molecule has 2 unspecified atom stereocenters. The second-order valence-electron chi connectivity index (χ2n) is 5.90. The average Bonchev–Trinajstić information content (AvgIpc) is 2.88. The van der Waals surface area contributed by atoms with E-state index in [0.29, 0.717) is 6.61 Å². The monoisotopic (exact) mass is 302 g/mol. The molecule has 0 spiro atoms. The van der Waals surface area contributed by atoms with Crippen molar-refractivity contribution in [3.63, 3.8) is 0 Å². The van der Waals surface area contributed by atoms with Crippen molar-refractivity contribution in [2.24, 2.45) is 5.92 Å². The third-order valence-corrected chi connectivity index (χ3v) is 4.37. The molecule has 2 rings (SSSR count). The first-order chi connectivity index (χ1) is 9.95. The maximum absolute atomic E-state index is 9.91. The van der Waals surface area contributed by atoms with E-state index in [-0.39, 0.29) is 37.4 Å². The standard InChI is InChI=1S/C12H24B2O7/c1-5-7(21-11(13)8(5)16)3-18-4-19-10-6(2-15)20-12(14)9(10)17/h5-12,15-17H,2-4,13-14H2,1H3/t5?,6-,7-,8+,9+,10?,11-,12-/m1/s1. The summed E-state index contributed by atoms with van der Waals surface area (Å²) in [6.45, 7) is 2.00. The van der Waals surface area contributed by atoms with E-state index in [1.807, 2.05) is 14.8 Å². The smallest absolute Gasteiger partial charge is 0.147 e. The lowest BCUT2D eigenvalue weighted by Gasteiger charge is -2.21. The number of hydrogen-bond acceptors (Lipinski definition) is 7. The van der Waals surface area contributed by atoms with Crippen molar-refractivity contribution in [2.45, 2.75) is 49.5 Å². The Kier molecular flexibility index (Phi) is 6.07. The van der Waals surface area contributed by atoms with Gasteiger partial charge < -0.3 is 34.3 Å². The van der Waals surface area contributed by atoms with Crippen molar-refractivity contribution < 1.29 is 34.3 Å². The molecule has 0 aromatic rings. The molecule has 2 fully saturated rings. The van der Waals surface area contributed by atoms with Crippen LogP contribution in [0.5, 0.6) is 0 Å².